The van der Waals surface area contributed by atoms with E-state index in [0.29, 0.717) is 25.7 Å². The molecule has 0 aromatic heterocycles. The lowest BCUT2D eigenvalue weighted by molar-refractivity contribution is -0.238. The fraction of sp³-hybridized carbons (Fsp3) is 0.900. The summed E-state index contributed by atoms with van der Waals surface area (Å²) in [5.74, 6) is -0.809. The molecular formula is C30H46Br2O8. The molecule has 4 aliphatic carbocycles. The van der Waals surface area contributed by atoms with Crippen LogP contribution in [0.4, 0.5) is 0 Å². The van der Waals surface area contributed by atoms with Crippen LogP contribution in [0.3, 0.4) is 0 Å². The van der Waals surface area contributed by atoms with Crippen molar-refractivity contribution in [1.82, 2.24) is 0 Å². The number of fused-ring (bicyclic) bond motifs is 5. The van der Waals surface area contributed by atoms with E-state index < -0.39 is 22.5 Å². The predicted molar refractivity (Wildman–Crippen MR) is 156 cm³/mol. The van der Waals surface area contributed by atoms with Gasteiger partial charge in [0, 0.05) is 41.8 Å². The summed E-state index contributed by atoms with van der Waals surface area (Å²) in [5, 5.41) is 22.6. The average molecular weight is 694 g/mol. The van der Waals surface area contributed by atoms with Crippen LogP contribution in [0.25, 0.3) is 0 Å². The second-order valence-electron chi connectivity index (χ2n) is 13.4. The predicted octanol–water partition coefficient (Wildman–Crippen LogP) is 4.93. The molecule has 0 spiro atoms. The van der Waals surface area contributed by atoms with E-state index in [4.69, 9.17) is 14.2 Å². The summed E-state index contributed by atoms with van der Waals surface area (Å²) in [6.45, 7) is 10.9. The Bertz CT molecular complexity index is 975. The topological polar surface area (TPSA) is 119 Å². The van der Waals surface area contributed by atoms with Gasteiger partial charge in [-0.2, -0.15) is 0 Å². The number of rotatable bonds is 7. The van der Waals surface area contributed by atoms with E-state index >= 15 is 0 Å². The monoisotopic (exact) mass is 692 g/mol. The maximum absolute atomic E-state index is 12.4. The van der Waals surface area contributed by atoms with Crippen LogP contribution < -0.4 is 0 Å². The quantitative estimate of drug-likeness (QED) is 0.219. The SMILES string of the molecule is CC(=O)O[C@H]1CC2C([C@H](OC(C)=O)C[C@@H]3[C@@H](Br)[C@H](O)[C@H](Br)[C@@H](O)[C@]23C)[C@@H]2CC[C@H](CCCC(=O)OC(C)C)[C@@]12C. The maximum Gasteiger partial charge on any atom is 0.306 e. The molecule has 228 valence electrons. The second-order valence-corrected chi connectivity index (χ2v) is 15.5. The van der Waals surface area contributed by atoms with Crippen LogP contribution in [0, 0.1) is 40.4 Å². The summed E-state index contributed by atoms with van der Waals surface area (Å²) in [6, 6.07) is 0. The lowest BCUT2D eigenvalue weighted by Crippen LogP contribution is -2.70. The summed E-state index contributed by atoms with van der Waals surface area (Å²) >= 11 is 7.32. The molecule has 4 saturated carbocycles. The molecule has 2 N–H and O–H groups in total. The van der Waals surface area contributed by atoms with Crippen molar-refractivity contribution in [3.8, 4) is 0 Å². The van der Waals surface area contributed by atoms with Crippen LogP contribution in [-0.2, 0) is 28.6 Å². The van der Waals surface area contributed by atoms with Gasteiger partial charge in [0.15, 0.2) is 0 Å². The third-order valence-electron chi connectivity index (χ3n) is 11.0. The fourth-order valence-electron chi connectivity index (χ4n) is 9.30. The van der Waals surface area contributed by atoms with Crippen molar-refractivity contribution in [1.29, 1.82) is 0 Å². The molecule has 0 aliphatic heterocycles. The molecule has 0 saturated heterocycles. The molecule has 0 radical (unpaired) electrons. The molecule has 4 aliphatic rings. The molecule has 2 unspecified atom stereocenters. The van der Waals surface area contributed by atoms with Gasteiger partial charge in [-0.3, -0.25) is 14.4 Å². The van der Waals surface area contributed by atoms with Gasteiger partial charge in [-0.05, 0) is 76.0 Å². The van der Waals surface area contributed by atoms with Gasteiger partial charge in [-0.15, -0.1) is 0 Å². The van der Waals surface area contributed by atoms with Gasteiger partial charge < -0.3 is 24.4 Å². The number of aliphatic hydroxyl groups excluding tert-OH is 2. The highest BCUT2D eigenvalue weighted by Gasteiger charge is 2.70. The van der Waals surface area contributed by atoms with Crippen molar-refractivity contribution >= 4 is 49.8 Å². The van der Waals surface area contributed by atoms with Crippen molar-refractivity contribution in [3.63, 3.8) is 0 Å². The van der Waals surface area contributed by atoms with Gasteiger partial charge in [0.2, 0.25) is 0 Å². The number of carbonyl (C=O) groups excluding carboxylic acids is 3. The van der Waals surface area contributed by atoms with Gasteiger partial charge in [0.05, 0.1) is 23.1 Å². The van der Waals surface area contributed by atoms with Crippen molar-refractivity contribution in [2.75, 3.05) is 0 Å². The lowest BCUT2D eigenvalue weighted by atomic mass is 9.42. The highest BCUT2D eigenvalue weighted by Crippen LogP contribution is 2.69. The van der Waals surface area contributed by atoms with Crippen LogP contribution >= 0.6 is 31.9 Å². The normalized spacial score (nSPS) is 46.1. The Balaban J connectivity index is 1.70. The molecule has 0 aromatic carbocycles. The van der Waals surface area contributed by atoms with Gasteiger partial charge >= 0.3 is 17.9 Å². The molecule has 8 nitrogen and oxygen atoms in total. The van der Waals surface area contributed by atoms with Crippen LogP contribution in [-0.4, -0.2) is 68.3 Å². The van der Waals surface area contributed by atoms with Gasteiger partial charge in [0.25, 0.3) is 0 Å². The number of ether oxygens (including phenoxy) is 3. The van der Waals surface area contributed by atoms with Gasteiger partial charge in [-0.1, -0.05) is 45.7 Å². The van der Waals surface area contributed by atoms with E-state index in [9.17, 15) is 24.6 Å². The smallest absolute Gasteiger partial charge is 0.306 e. The number of alkyl halides is 2. The standard InChI is InChI=1S/C30H46Br2O8/c1-14(2)38-23(35)9-7-8-17-10-11-18-24-19(13-22(29(17,18)5)40-16(4)34)30(6)20(12-21(24)39-15(3)33)25(31)27(36)26(32)28(30)37/h14,17-22,24-28,36-37H,7-13H2,1-6H3/t17-,18-,19?,20+,21+,22-,24?,25+,26-,27-,28+,29+,30+/m0/s1. The highest BCUT2D eigenvalue weighted by molar-refractivity contribution is 9.10. The van der Waals surface area contributed by atoms with E-state index in [0.717, 1.165) is 19.3 Å². The number of hydrogen-bond acceptors (Lipinski definition) is 8. The number of hydrogen-bond donors (Lipinski definition) is 2. The van der Waals surface area contributed by atoms with Crippen molar-refractivity contribution < 1.29 is 38.8 Å². The molecule has 0 heterocycles. The third-order valence-corrected chi connectivity index (χ3v) is 13.2. The summed E-state index contributed by atoms with van der Waals surface area (Å²) in [5.41, 5.74) is -0.974. The number of halogens is 2. The van der Waals surface area contributed by atoms with Gasteiger partial charge in [-0.25, -0.2) is 0 Å². The highest BCUT2D eigenvalue weighted by atomic mass is 79.9. The Morgan fingerprint density at radius 1 is 0.900 bits per heavy atom. The Hall–Kier alpha value is -0.710. The molecule has 0 aromatic rings. The molecule has 4 fully saturated rings. The van der Waals surface area contributed by atoms with E-state index in [1.165, 1.54) is 13.8 Å². The molecule has 10 heteroatoms. The second kappa shape index (κ2) is 12.1. The first-order chi connectivity index (χ1) is 18.6. The Kier molecular flexibility index (Phi) is 9.76. The first-order valence-corrected chi connectivity index (χ1v) is 16.6. The molecule has 0 bridgehead atoms. The van der Waals surface area contributed by atoms with E-state index in [2.05, 4.69) is 45.7 Å². The zero-order valence-electron chi connectivity index (χ0n) is 24.5. The largest absolute Gasteiger partial charge is 0.463 e. The summed E-state index contributed by atoms with van der Waals surface area (Å²) in [4.78, 5) is 36.2. The Morgan fingerprint density at radius 2 is 1.55 bits per heavy atom. The molecule has 0 amide bonds. The minimum Gasteiger partial charge on any atom is -0.463 e. The summed E-state index contributed by atoms with van der Waals surface area (Å²) in [6.07, 6.45) is 2.24. The zero-order valence-corrected chi connectivity index (χ0v) is 27.6. The summed E-state index contributed by atoms with van der Waals surface area (Å²) in [7, 11) is 0. The zero-order chi connectivity index (χ0) is 29.7. The van der Waals surface area contributed by atoms with Crippen molar-refractivity contribution in [2.45, 2.75) is 127 Å². The van der Waals surface area contributed by atoms with E-state index in [1.807, 2.05) is 13.8 Å². The lowest BCUT2D eigenvalue weighted by Gasteiger charge is -2.66. The van der Waals surface area contributed by atoms with Crippen molar-refractivity contribution in [2.24, 2.45) is 40.4 Å². The molecule has 40 heavy (non-hydrogen) atoms. The van der Waals surface area contributed by atoms with Crippen LogP contribution in [0.1, 0.15) is 86.5 Å². The minimum atomic E-state index is -0.835. The minimum absolute atomic E-state index is 0.0258. The molecule has 13 atom stereocenters. The molecular weight excluding hydrogens is 648 g/mol. The number of aliphatic hydroxyl groups is 2. The maximum atomic E-state index is 12.4. The summed E-state index contributed by atoms with van der Waals surface area (Å²) < 4.78 is 17.5. The molecule has 4 rings (SSSR count). The number of carbonyl (C=O) groups is 3. The van der Waals surface area contributed by atoms with Crippen LogP contribution in [0.5, 0.6) is 0 Å². The van der Waals surface area contributed by atoms with Crippen LogP contribution in [0.15, 0.2) is 0 Å². The van der Waals surface area contributed by atoms with E-state index in [-0.39, 0.29) is 76.1 Å². The van der Waals surface area contributed by atoms with Crippen molar-refractivity contribution in [3.05, 3.63) is 0 Å². The Morgan fingerprint density at radius 3 is 2.15 bits per heavy atom. The average Bonchev–Trinajstić information content (AvgIpc) is 3.19. The first kappa shape index (κ1) is 32.2. The third kappa shape index (κ3) is 5.52. The first-order valence-electron chi connectivity index (χ1n) is 14.8. The van der Waals surface area contributed by atoms with E-state index in [1.54, 1.807) is 0 Å². The number of esters is 3. The Labute approximate surface area is 254 Å². The fourth-order valence-corrected chi connectivity index (χ4v) is 11.7. The van der Waals surface area contributed by atoms with Crippen LogP contribution in [0.2, 0.25) is 0 Å². The van der Waals surface area contributed by atoms with Gasteiger partial charge in [0.1, 0.15) is 12.2 Å².